The molecule has 5 aromatic rings. The summed E-state index contributed by atoms with van der Waals surface area (Å²) >= 11 is 0. The van der Waals surface area contributed by atoms with Crippen molar-refractivity contribution in [2.75, 3.05) is 0 Å². The predicted molar refractivity (Wildman–Crippen MR) is 127 cm³/mol. The number of aromatic nitrogens is 2. The van der Waals surface area contributed by atoms with E-state index in [0.29, 0.717) is 5.92 Å². The number of rotatable bonds is 4. The quantitative estimate of drug-likeness (QED) is 0.305. The Morgan fingerprint density at radius 3 is 1.90 bits per heavy atom. The van der Waals surface area contributed by atoms with Crippen molar-refractivity contribution in [3.05, 3.63) is 59.7 Å². The lowest BCUT2D eigenvalue weighted by atomic mass is 9.87. The van der Waals surface area contributed by atoms with Gasteiger partial charge in [0.25, 0.3) is 0 Å². The van der Waals surface area contributed by atoms with E-state index in [1.807, 2.05) is 0 Å². The van der Waals surface area contributed by atoms with Gasteiger partial charge in [-0.1, -0.05) is 63.6 Å². The average Bonchev–Trinajstić information content (AvgIpc) is 3.19. The summed E-state index contributed by atoms with van der Waals surface area (Å²) in [7, 11) is 4.49. The lowest BCUT2D eigenvalue weighted by molar-refractivity contribution is 0.773. The van der Waals surface area contributed by atoms with Crippen molar-refractivity contribution in [1.29, 1.82) is 0 Å². The fourth-order valence-corrected chi connectivity index (χ4v) is 5.45. The summed E-state index contributed by atoms with van der Waals surface area (Å²) in [5.41, 5.74) is 8.57. The molecule has 2 aromatic heterocycles. The van der Waals surface area contributed by atoms with Crippen molar-refractivity contribution >= 4 is 43.6 Å². The molecule has 2 heteroatoms. The van der Waals surface area contributed by atoms with E-state index in [1.165, 1.54) is 62.0 Å². The van der Waals surface area contributed by atoms with Gasteiger partial charge < -0.3 is 9.13 Å². The van der Waals surface area contributed by atoms with E-state index < -0.39 is 0 Å². The van der Waals surface area contributed by atoms with Crippen LogP contribution in [0.2, 0.25) is 0 Å². The van der Waals surface area contributed by atoms with Crippen molar-refractivity contribution in [2.24, 2.45) is 14.1 Å². The number of aryl methyl sites for hydroxylation is 3. The number of hydrogen-bond acceptors (Lipinski definition) is 0. The fraction of sp³-hybridized carbons (Fsp3) is 0.333. The monoisotopic (exact) mass is 382 g/mol. The van der Waals surface area contributed by atoms with Gasteiger partial charge >= 0.3 is 0 Å². The first-order valence-electron chi connectivity index (χ1n) is 10.9. The Hall–Kier alpha value is -2.74. The van der Waals surface area contributed by atoms with Crippen LogP contribution in [0.4, 0.5) is 0 Å². The molecule has 5 rings (SSSR count). The van der Waals surface area contributed by atoms with Gasteiger partial charge in [-0.2, -0.15) is 0 Å². The smallest absolute Gasteiger partial charge is 0.0593 e. The summed E-state index contributed by atoms with van der Waals surface area (Å²) in [5.74, 6) is 0.482. The van der Waals surface area contributed by atoms with Crippen molar-refractivity contribution in [1.82, 2.24) is 9.13 Å². The summed E-state index contributed by atoms with van der Waals surface area (Å²) in [5, 5.41) is 5.66. The molecule has 0 bridgehead atoms. The molecule has 0 spiro atoms. The first kappa shape index (κ1) is 18.3. The van der Waals surface area contributed by atoms with E-state index in [2.05, 4.69) is 92.5 Å². The second-order valence-electron chi connectivity index (χ2n) is 8.75. The van der Waals surface area contributed by atoms with Crippen LogP contribution in [0.3, 0.4) is 0 Å². The molecule has 0 amide bonds. The first-order valence-corrected chi connectivity index (χ1v) is 10.9. The van der Waals surface area contributed by atoms with Gasteiger partial charge in [-0.15, -0.1) is 0 Å². The van der Waals surface area contributed by atoms with E-state index in [1.54, 1.807) is 5.56 Å². The Morgan fingerprint density at radius 1 is 0.759 bits per heavy atom. The summed E-state index contributed by atoms with van der Waals surface area (Å²) < 4.78 is 4.87. The minimum absolute atomic E-state index is 0.482. The number of nitrogens with zero attached hydrogens (tertiary/aromatic N) is 2. The van der Waals surface area contributed by atoms with Crippen LogP contribution in [0, 0.1) is 0 Å². The highest BCUT2D eigenvalue weighted by Gasteiger charge is 2.25. The van der Waals surface area contributed by atoms with E-state index in [0.717, 1.165) is 6.42 Å². The summed E-state index contributed by atoms with van der Waals surface area (Å²) in [6.45, 7) is 7.02. The van der Waals surface area contributed by atoms with Crippen LogP contribution >= 0.6 is 0 Å². The van der Waals surface area contributed by atoms with E-state index in [4.69, 9.17) is 0 Å². The zero-order valence-electron chi connectivity index (χ0n) is 18.2. The fourth-order valence-electron chi connectivity index (χ4n) is 5.45. The standard InChI is InChI=1S/C27H30N2/c1-6-7-12-20-23(17(2)3)26-25(19-14-9-11-16-22(19)28(26)4)27-24(20)18-13-8-10-15-21(18)29(27)5/h8-11,13-17H,6-7,12H2,1-5H3. The molecule has 0 N–H and O–H groups in total. The second-order valence-corrected chi connectivity index (χ2v) is 8.75. The molecule has 2 nitrogen and oxygen atoms in total. The SMILES string of the molecule is CCCCc1c(C(C)C)c2c(c3ccccc3n2C)c2c1c1ccccc1n2C. The van der Waals surface area contributed by atoms with Gasteiger partial charge in [-0.05, 0) is 42.0 Å². The molecule has 0 aliphatic rings. The maximum absolute atomic E-state index is 2.44. The average molecular weight is 383 g/mol. The Kier molecular flexibility index (Phi) is 4.20. The van der Waals surface area contributed by atoms with Crippen molar-refractivity contribution in [3.63, 3.8) is 0 Å². The van der Waals surface area contributed by atoms with E-state index >= 15 is 0 Å². The molecule has 0 radical (unpaired) electrons. The van der Waals surface area contributed by atoms with Crippen LogP contribution in [0.1, 0.15) is 50.7 Å². The molecule has 0 aliphatic carbocycles. The van der Waals surface area contributed by atoms with Gasteiger partial charge in [0.05, 0.1) is 11.0 Å². The molecule has 0 fully saturated rings. The highest BCUT2D eigenvalue weighted by molar-refractivity contribution is 6.27. The van der Waals surface area contributed by atoms with Crippen molar-refractivity contribution in [3.8, 4) is 0 Å². The van der Waals surface area contributed by atoms with Crippen molar-refractivity contribution in [2.45, 2.75) is 46.0 Å². The molecule has 29 heavy (non-hydrogen) atoms. The lowest BCUT2D eigenvalue weighted by Crippen LogP contribution is -2.03. The highest BCUT2D eigenvalue weighted by atomic mass is 15.0. The molecular weight excluding hydrogens is 352 g/mol. The third kappa shape index (κ3) is 2.41. The van der Waals surface area contributed by atoms with E-state index in [-0.39, 0.29) is 0 Å². The van der Waals surface area contributed by atoms with Gasteiger partial charge in [0.15, 0.2) is 0 Å². The number of benzene rings is 3. The predicted octanol–water partition coefficient (Wildman–Crippen LogP) is 7.44. The maximum atomic E-state index is 2.44. The molecule has 0 saturated carbocycles. The van der Waals surface area contributed by atoms with Crippen LogP contribution in [0.5, 0.6) is 0 Å². The van der Waals surface area contributed by atoms with Gasteiger partial charge in [-0.25, -0.2) is 0 Å². The Morgan fingerprint density at radius 2 is 1.31 bits per heavy atom. The van der Waals surface area contributed by atoms with Crippen molar-refractivity contribution < 1.29 is 0 Å². The van der Waals surface area contributed by atoms with E-state index in [9.17, 15) is 0 Å². The zero-order chi connectivity index (χ0) is 20.3. The minimum Gasteiger partial charge on any atom is -0.343 e. The molecule has 148 valence electrons. The topological polar surface area (TPSA) is 9.86 Å². The Bertz CT molecular complexity index is 1380. The van der Waals surface area contributed by atoms with Crippen LogP contribution < -0.4 is 0 Å². The molecule has 3 aromatic carbocycles. The van der Waals surface area contributed by atoms with Crippen LogP contribution in [0.15, 0.2) is 48.5 Å². The molecule has 0 saturated heterocycles. The summed E-state index contributed by atoms with van der Waals surface area (Å²) in [6.07, 6.45) is 3.59. The van der Waals surface area contributed by atoms with Gasteiger partial charge in [0, 0.05) is 46.7 Å². The highest BCUT2D eigenvalue weighted by Crippen LogP contribution is 2.45. The maximum Gasteiger partial charge on any atom is 0.0593 e. The number of fused-ring (bicyclic) bond motifs is 7. The number of hydrogen-bond donors (Lipinski definition) is 0. The summed E-state index contributed by atoms with van der Waals surface area (Å²) in [4.78, 5) is 0. The Balaban J connectivity index is 2.16. The molecule has 2 heterocycles. The van der Waals surface area contributed by atoms with Crippen LogP contribution in [-0.2, 0) is 20.5 Å². The van der Waals surface area contributed by atoms with Gasteiger partial charge in [0.2, 0.25) is 0 Å². The van der Waals surface area contributed by atoms with Gasteiger partial charge in [0.1, 0.15) is 0 Å². The Labute approximate surface area is 172 Å². The molecular formula is C27H30N2. The molecule has 0 unspecified atom stereocenters. The number of unbranched alkanes of at least 4 members (excludes halogenated alkanes) is 1. The molecule has 0 atom stereocenters. The largest absolute Gasteiger partial charge is 0.343 e. The lowest BCUT2D eigenvalue weighted by Gasteiger charge is -2.19. The third-order valence-corrected chi connectivity index (χ3v) is 6.69. The summed E-state index contributed by atoms with van der Waals surface area (Å²) in [6, 6.07) is 17.8. The normalized spacial score (nSPS) is 12.3. The van der Waals surface area contributed by atoms with Crippen LogP contribution in [-0.4, -0.2) is 9.13 Å². The number of para-hydroxylation sites is 2. The second kappa shape index (κ2) is 6.66. The minimum atomic E-state index is 0.482. The zero-order valence-corrected chi connectivity index (χ0v) is 18.2. The third-order valence-electron chi connectivity index (χ3n) is 6.69. The molecule has 0 aliphatic heterocycles. The van der Waals surface area contributed by atoms with Gasteiger partial charge in [-0.3, -0.25) is 0 Å². The first-order chi connectivity index (χ1) is 14.1. The van der Waals surface area contributed by atoms with Crippen LogP contribution in [0.25, 0.3) is 43.6 Å².